The van der Waals surface area contributed by atoms with Crippen molar-refractivity contribution < 1.29 is 22.8 Å². The number of hydrogen-bond donors (Lipinski definition) is 1. The van der Waals surface area contributed by atoms with Gasteiger partial charge in [-0.1, -0.05) is 6.08 Å². The fourth-order valence-electron chi connectivity index (χ4n) is 5.47. The average Bonchev–Trinajstić information content (AvgIpc) is 3.46. The lowest BCUT2D eigenvalue weighted by molar-refractivity contribution is -0.148. The van der Waals surface area contributed by atoms with Gasteiger partial charge in [-0.3, -0.25) is 14.6 Å². The molecule has 10 nitrogen and oxygen atoms in total. The van der Waals surface area contributed by atoms with Gasteiger partial charge in [0.15, 0.2) is 5.65 Å². The number of carbonyl (C=O) groups excluding carboxylic acids is 2. The Balaban J connectivity index is 1.07. The SMILES string of the molecule is O=C(CCC(F)(F)F)N1CC=C(c2cccn3nc(Nc4ccc(C(=O)N5CCN(c6cccnc6)CC5)cc4)nc23)CC1. The third-order valence-electron chi connectivity index (χ3n) is 7.86. The van der Waals surface area contributed by atoms with Crippen LogP contribution in [0.15, 0.2) is 73.2 Å². The van der Waals surface area contributed by atoms with Crippen LogP contribution in [0.5, 0.6) is 0 Å². The lowest BCUT2D eigenvalue weighted by Crippen LogP contribution is -2.48. The van der Waals surface area contributed by atoms with Crippen LogP contribution in [0.4, 0.5) is 30.5 Å². The highest BCUT2D eigenvalue weighted by atomic mass is 19.4. The van der Waals surface area contributed by atoms with E-state index < -0.39 is 24.9 Å². The Hall–Kier alpha value is -4.94. The minimum absolute atomic E-state index is 0.0146. The van der Waals surface area contributed by atoms with Gasteiger partial charge < -0.3 is 20.0 Å². The quantitative estimate of drug-likeness (QED) is 0.324. The predicted octanol–water partition coefficient (Wildman–Crippen LogP) is 4.79. The number of nitrogens with zero attached hydrogens (tertiary/aromatic N) is 7. The Bertz CT molecular complexity index is 1660. The molecule has 1 N–H and O–H groups in total. The molecule has 5 heterocycles. The molecule has 0 radical (unpaired) electrons. The molecule has 4 aromatic rings. The Labute approximate surface area is 251 Å². The van der Waals surface area contributed by atoms with E-state index in [1.165, 1.54) is 4.90 Å². The molecule has 1 saturated heterocycles. The fraction of sp³-hybridized carbons (Fsp3) is 0.323. The van der Waals surface area contributed by atoms with Crippen molar-refractivity contribution in [3.8, 4) is 0 Å². The molecule has 13 heteroatoms. The zero-order valence-electron chi connectivity index (χ0n) is 23.9. The molecule has 0 aliphatic carbocycles. The molecule has 228 valence electrons. The van der Waals surface area contributed by atoms with E-state index in [9.17, 15) is 22.8 Å². The van der Waals surface area contributed by atoms with Crippen molar-refractivity contribution in [2.24, 2.45) is 0 Å². The number of alkyl halides is 3. The van der Waals surface area contributed by atoms with Crippen LogP contribution in [0.25, 0.3) is 11.2 Å². The summed E-state index contributed by atoms with van der Waals surface area (Å²) >= 11 is 0. The third-order valence-corrected chi connectivity index (χ3v) is 7.86. The van der Waals surface area contributed by atoms with Crippen molar-refractivity contribution in [1.82, 2.24) is 29.4 Å². The van der Waals surface area contributed by atoms with Crippen LogP contribution in [0.2, 0.25) is 0 Å². The summed E-state index contributed by atoms with van der Waals surface area (Å²) in [5.41, 5.74) is 4.81. The number of aromatic nitrogens is 4. The maximum absolute atomic E-state index is 13.1. The van der Waals surface area contributed by atoms with E-state index in [0.717, 1.165) is 35.6 Å². The van der Waals surface area contributed by atoms with Gasteiger partial charge in [-0.25, -0.2) is 4.52 Å². The minimum atomic E-state index is -4.35. The van der Waals surface area contributed by atoms with Crippen molar-refractivity contribution in [2.45, 2.75) is 25.4 Å². The number of hydrogen-bond acceptors (Lipinski definition) is 7. The molecule has 3 aromatic heterocycles. The van der Waals surface area contributed by atoms with E-state index in [4.69, 9.17) is 0 Å². The van der Waals surface area contributed by atoms with Crippen LogP contribution < -0.4 is 10.2 Å². The maximum atomic E-state index is 13.1. The van der Waals surface area contributed by atoms with Crippen molar-refractivity contribution >= 4 is 40.4 Å². The molecule has 44 heavy (non-hydrogen) atoms. The minimum Gasteiger partial charge on any atom is -0.367 e. The zero-order valence-corrected chi connectivity index (χ0v) is 23.9. The highest BCUT2D eigenvalue weighted by molar-refractivity contribution is 5.94. The second-order valence-corrected chi connectivity index (χ2v) is 10.8. The second kappa shape index (κ2) is 12.3. The number of anilines is 3. The Morgan fingerprint density at radius 1 is 0.932 bits per heavy atom. The summed E-state index contributed by atoms with van der Waals surface area (Å²) < 4.78 is 39.2. The monoisotopic (exact) mass is 604 g/mol. The maximum Gasteiger partial charge on any atom is 0.389 e. The summed E-state index contributed by atoms with van der Waals surface area (Å²) in [4.78, 5) is 39.7. The highest BCUT2D eigenvalue weighted by Gasteiger charge is 2.30. The molecule has 0 bridgehead atoms. The predicted molar refractivity (Wildman–Crippen MR) is 160 cm³/mol. The summed E-state index contributed by atoms with van der Waals surface area (Å²) in [5, 5.41) is 7.73. The number of benzene rings is 1. The lowest BCUT2D eigenvalue weighted by Gasteiger charge is -2.36. The molecule has 0 saturated carbocycles. The highest BCUT2D eigenvalue weighted by Crippen LogP contribution is 2.28. The molecular weight excluding hydrogens is 573 g/mol. The Morgan fingerprint density at radius 3 is 2.41 bits per heavy atom. The smallest absolute Gasteiger partial charge is 0.367 e. The van der Waals surface area contributed by atoms with Crippen LogP contribution in [0.1, 0.15) is 35.2 Å². The Morgan fingerprint density at radius 2 is 1.73 bits per heavy atom. The number of carbonyl (C=O) groups is 2. The van der Waals surface area contributed by atoms with E-state index in [0.29, 0.717) is 43.2 Å². The van der Waals surface area contributed by atoms with Crippen LogP contribution in [-0.4, -0.2) is 86.6 Å². The van der Waals surface area contributed by atoms with E-state index in [-0.39, 0.29) is 12.5 Å². The largest absolute Gasteiger partial charge is 0.389 e. The van der Waals surface area contributed by atoms with Gasteiger partial charge in [0.05, 0.1) is 18.3 Å². The van der Waals surface area contributed by atoms with Crippen LogP contribution in [-0.2, 0) is 4.79 Å². The van der Waals surface area contributed by atoms with E-state index >= 15 is 0 Å². The molecule has 1 aromatic carbocycles. The van der Waals surface area contributed by atoms with Gasteiger partial charge in [0.2, 0.25) is 11.9 Å². The molecule has 2 aliphatic rings. The number of nitrogens with one attached hydrogen (secondary N) is 1. The first-order valence-electron chi connectivity index (χ1n) is 14.4. The first-order valence-corrected chi connectivity index (χ1v) is 14.4. The summed E-state index contributed by atoms with van der Waals surface area (Å²) in [7, 11) is 0. The van der Waals surface area contributed by atoms with Crippen LogP contribution >= 0.6 is 0 Å². The van der Waals surface area contributed by atoms with Crippen LogP contribution in [0, 0.1) is 0 Å². The fourth-order valence-corrected chi connectivity index (χ4v) is 5.47. The molecule has 6 rings (SSSR count). The van der Waals surface area contributed by atoms with Gasteiger partial charge in [0.1, 0.15) is 0 Å². The number of piperazine rings is 1. The van der Waals surface area contributed by atoms with Gasteiger partial charge >= 0.3 is 6.18 Å². The third kappa shape index (κ3) is 6.66. The first kappa shape index (κ1) is 29.1. The number of amides is 2. The Kier molecular flexibility index (Phi) is 8.18. The summed E-state index contributed by atoms with van der Waals surface area (Å²) in [6.45, 7) is 3.33. The van der Waals surface area contributed by atoms with Gasteiger partial charge in [0, 0.05) is 74.9 Å². The van der Waals surface area contributed by atoms with Gasteiger partial charge in [0.25, 0.3) is 5.91 Å². The molecule has 2 amide bonds. The van der Waals surface area contributed by atoms with E-state index in [1.807, 2.05) is 53.6 Å². The van der Waals surface area contributed by atoms with Crippen molar-refractivity contribution in [1.29, 1.82) is 0 Å². The van der Waals surface area contributed by atoms with E-state index in [1.54, 1.807) is 29.0 Å². The molecule has 0 unspecified atom stereocenters. The lowest BCUT2D eigenvalue weighted by atomic mass is 10.00. The molecule has 0 spiro atoms. The average molecular weight is 605 g/mol. The number of halogens is 3. The normalized spacial score (nSPS) is 15.8. The first-order chi connectivity index (χ1) is 21.2. The van der Waals surface area contributed by atoms with Crippen molar-refractivity contribution in [3.63, 3.8) is 0 Å². The van der Waals surface area contributed by atoms with Crippen molar-refractivity contribution in [2.75, 3.05) is 49.5 Å². The summed E-state index contributed by atoms with van der Waals surface area (Å²) in [6, 6.07) is 14.9. The molecular formula is C31H31F3N8O2. The molecule has 0 atom stereocenters. The van der Waals surface area contributed by atoms with E-state index in [2.05, 4.69) is 25.3 Å². The van der Waals surface area contributed by atoms with Gasteiger partial charge in [-0.05, 0) is 60.5 Å². The summed E-state index contributed by atoms with van der Waals surface area (Å²) in [5.74, 6) is -0.136. The zero-order chi connectivity index (χ0) is 30.7. The molecule has 2 aliphatic heterocycles. The second-order valence-electron chi connectivity index (χ2n) is 10.8. The summed E-state index contributed by atoms with van der Waals surface area (Å²) in [6.07, 6.45) is 1.72. The number of pyridine rings is 2. The standard InChI is InChI=1S/C31H31F3N8O2/c32-31(33,34)12-9-27(43)40-15-10-22(11-16-40)26-4-2-14-42-28(26)37-30(38-42)36-24-7-5-23(6-8-24)29(44)41-19-17-39(18-20-41)25-3-1-13-35-21-25/h1-8,10,13-14,21H,9,11-12,15-20H2,(H,36,38). The number of rotatable bonds is 7. The number of fused-ring (bicyclic) bond motifs is 1. The van der Waals surface area contributed by atoms with Gasteiger partial charge in [-0.15, -0.1) is 5.10 Å². The van der Waals surface area contributed by atoms with Crippen molar-refractivity contribution in [3.05, 3.63) is 84.3 Å². The topological polar surface area (TPSA) is 99.0 Å². The van der Waals surface area contributed by atoms with Gasteiger partial charge in [-0.2, -0.15) is 18.2 Å². The van der Waals surface area contributed by atoms with Crippen LogP contribution in [0.3, 0.4) is 0 Å². The molecule has 1 fully saturated rings.